The highest BCUT2D eigenvalue weighted by Gasteiger charge is 2.20. The van der Waals surface area contributed by atoms with Crippen molar-refractivity contribution in [1.82, 2.24) is 4.90 Å². The zero-order chi connectivity index (χ0) is 20.1. The van der Waals surface area contributed by atoms with Gasteiger partial charge >= 0.3 is 0 Å². The number of amides is 1. The number of nitrogens with zero attached hydrogens (tertiary/aromatic N) is 2. The third-order valence-electron chi connectivity index (χ3n) is 5.12. The molecule has 1 aliphatic heterocycles. The highest BCUT2D eigenvalue weighted by molar-refractivity contribution is 5.91. The first-order valence-corrected chi connectivity index (χ1v) is 9.53. The third-order valence-corrected chi connectivity index (χ3v) is 5.12. The highest BCUT2D eigenvalue weighted by atomic mass is 16.5. The Morgan fingerprint density at radius 3 is 2.32 bits per heavy atom. The number of nitrogens with one attached hydrogen (secondary N) is 1. The predicted molar refractivity (Wildman–Crippen MR) is 113 cm³/mol. The number of hydrogen-bond acceptors (Lipinski definition) is 5. The molecule has 2 aromatic carbocycles. The van der Waals surface area contributed by atoms with E-state index in [9.17, 15) is 4.79 Å². The Hall–Kier alpha value is -2.73. The standard InChI is InChI=1S/C22H29N3O3/c1-24(2)19-7-5-18(6-8-19)23-22(26)10-12-25-11-9-16-13-20(27-3)21(28-4)14-17(16)15-25/h5-8,13-14H,9-12,15H2,1-4H3,(H,23,26). The van der Waals surface area contributed by atoms with Gasteiger partial charge in [0.15, 0.2) is 11.5 Å². The van der Waals surface area contributed by atoms with Crippen molar-refractivity contribution in [2.75, 3.05) is 51.6 Å². The van der Waals surface area contributed by atoms with Gasteiger partial charge in [0.25, 0.3) is 0 Å². The maximum atomic E-state index is 12.3. The van der Waals surface area contributed by atoms with Gasteiger partial charge in [0.2, 0.25) is 5.91 Å². The minimum absolute atomic E-state index is 0.0377. The fourth-order valence-electron chi connectivity index (χ4n) is 3.46. The minimum Gasteiger partial charge on any atom is -0.493 e. The van der Waals surface area contributed by atoms with Crippen molar-refractivity contribution >= 4 is 17.3 Å². The average molecular weight is 383 g/mol. The summed E-state index contributed by atoms with van der Waals surface area (Å²) >= 11 is 0. The summed E-state index contributed by atoms with van der Waals surface area (Å²) in [6.45, 7) is 2.49. The van der Waals surface area contributed by atoms with Crippen LogP contribution in [0, 0.1) is 0 Å². The third kappa shape index (κ3) is 4.75. The van der Waals surface area contributed by atoms with Gasteiger partial charge in [0.05, 0.1) is 14.2 Å². The molecule has 0 aliphatic carbocycles. The number of ether oxygens (including phenoxy) is 2. The van der Waals surface area contributed by atoms with Crippen LogP contribution in [0.3, 0.4) is 0 Å². The molecule has 3 rings (SSSR count). The molecule has 1 aliphatic rings. The quantitative estimate of drug-likeness (QED) is 0.796. The average Bonchev–Trinajstić information content (AvgIpc) is 2.71. The fourth-order valence-corrected chi connectivity index (χ4v) is 3.46. The molecule has 1 heterocycles. The molecule has 0 fully saturated rings. The highest BCUT2D eigenvalue weighted by Crippen LogP contribution is 2.33. The normalized spacial score (nSPS) is 13.6. The van der Waals surface area contributed by atoms with Gasteiger partial charge in [-0.3, -0.25) is 9.69 Å². The van der Waals surface area contributed by atoms with E-state index in [1.54, 1.807) is 14.2 Å². The Labute approximate surface area is 167 Å². The van der Waals surface area contributed by atoms with E-state index in [0.29, 0.717) is 6.42 Å². The number of anilines is 2. The molecule has 0 atom stereocenters. The zero-order valence-corrected chi connectivity index (χ0v) is 17.1. The molecule has 0 unspecified atom stereocenters. The van der Waals surface area contributed by atoms with E-state index >= 15 is 0 Å². The Balaban J connectivity index is 1.53. The number of hydrogen-bond donors (Lipinski definition) is 1. The lowest BCUT2D eigenvalue weighted by molar-refractivity contribution is -0.116. The number of benzene rings is 2. The molecule has 28 heavy (non-hydrogen) atoms. The molecule has 6 heteroatoms. The topological polar surface area (TPSA) is 54.0 Å². The van der Waals surface area contributed by atoms with Gasteiger partial charge in [0.1, 0.15) is 0 Å². The van der Waals surface area contributed by atoms with Crippen LogP contribution in [0.15, 0.2) is 36.4 Å². The van der Waals surface area contributed by atoms with Crippen LogP contribution < -0.4 is 19.7 Å². The van der Waals surface area contributed by atoms with Crippen LogP contribution in [0.25, 0.3) is 0 Å². The SMILES string of the molecule is COc1cc2c(cc1OC)CN(CCC(=O)Nc1ccc(N(C)C)cc1)CC2. The van der Waals surface area contributed by atoms with Crippen molar-refractivity contribution < 1.29 is 14.3 Å². The van der Waals surface area contributed by atoms with Crippen LogP contribution in [-0.4, -0.2) is 52.2 Å². The zero-order valence-electron chi connectivity index (χ0n) is 17.1. The predicted octanol–water partition coefficient (Wildman–Crippen LogP) is 3.16. The van der Waals surface area contributed by atoms with Crippen molar-refractivity contribution in [2.45, 2.75) is 19.4 Å². The van der Waals surface area contributed by atoms with Gasteiger partial charge in [-0.05, 0) is 53.9 Å². The van der Waals surface area contributed by atoms with Crippen LogP contribution in [0.5, 0.6) is 11.5 Å². The van der Waals surface area contributed by atoms with Crippen LogP contribution >= 0.6 is 0 Å². The molecule has 150 valence electrons. The lowest BCUT2D eigenvalue weighted by Gasteiger charge is -2.29. The number of methoxy groups -OCH3 is 2. The summed E-state index contributed by atoms with van der Waals surface area (Å²) in [5.74, 6) is 1.56. The summed E-state index contributed by atoms with van der Waals surface area (Å²) in [6, 6.07) is 12.0. The first kappa shape index (κ1) is 20.0. The van der Waals surface area contributed by atoms with Crippen LogP contribution in [0.2, 0.25) is 0 Å². The van der Waals surface area contributed by atoms with Gasteiger partial charge in [-0.15, -0.1) is 0 Å². The number of carbonyl (C=O) groups excluding carboxylic acids is 1. The second kappa shape index (κ2) is 8.97. The summed E-state index contributed by atoms with van der Waals surface area (Å²) in [4.78, 5) is 16.7. The Kier molecular flexibility index (Phi) is 6.41. The monoisotopic (exact) mass is 383 g/mol. The largest absolute Gasteiger partial charge is 0.493 e. The molecule has 0 spiro atoms. The molecule has 0 bridgehead atoms. The lowest BCUT2D eigenvalue weighted by atomic mass is 9.98. The molecule has 1 N–H and O–H groups in total. The van der Waals surface area contributed by atoms with E-state index < -0.39 is 0 Å². The van der Waals surface area contributed by atoms with Gasteiger partial charge < -0.3 is 19.7 Å². The molecule has 0 saturated carbocycles. The summed E-state index contributed by atoms with van der Waals surface area (Å²) in [5, 5.41) is 2.98. The van der Waals surface area contributed by atoms with Crippen molar-refractivity contribution in [3.8, 4) is 11.5 Å². The smallest absolute Gasteiger partial charge is 0.225 e. The van der Waals surface area contributed by atoms with Gasteiger partial charge in [0, 0.05) is 51.5 Å². The van der Waals surface area contributed by atoms with Crippen molar-refractivity contribution in [3.05, 3.63) is 47.5 Å². The maximum Gasteiger partial charge on any atom is 0.225 e. The molecule has 6 nitrogen and oxygen atoms in total. The molecule has 0 radical (unpaired) electrons. The first-order chi connectivity index (χ1) is 13.5. The molecular weight excluding hydrogens is 354 g/mol. The van der Waals surface area contributed by atoms with Crippen LogP contribution in [-0.2, 0) is 17.8 Å². The number of carbonyl (C=O) groups is 1. The summed E-state index contributed by atoms with van der Waals surface area (Å²) < 4.78 is 10.8. The minimum atomic E-state index is 0.0377. The van der Waals surface area contributed by atoms with Gasteiger partial charge in [-0.25, -0.2) is 0 Å². The molecule has 0 aromatic heterocycles. The number of fused-ring (bicyclic) bond motifs is 1. The Morgan fingerprint density at radius 2 is 1.71 bits per heavy atom. The summed E-state index contributed by atoms with van der Waals surface area (Å²) in [5.41, 5.74) is 4.47. The van der Waals surface area contributed by atoms with E-state index in [-0.39, 0.29) is 5.91 Å². The van der Waals surface area contributed by atoms with Gasteiger partial charge in [-0.2, -0.15) is 0 Å². The van der Waals surface area contributed by atoms with Crippen molar-refractivity contribution in [2.24, 2.45) is 0 Å². The van der Waals surface area contributed by atoms with Crippen LogP contribution in [0.4, 0.5) is 11.4 Å². The van der Waals surface area contributed by atoms with E-state index in [2.05, 4.69) is 16.3 Å². The van der Waals surface area contributed by atoms with E-state index in [1.807, 2.05) is 49.3 Å². The maximum absolute atomic E-state index is 12.3. The van der Waals surface area contributed by atoms with Gasteiger partial charge in [-0.1, -0.05) is 0 Å². The van der Waals surface area contributed by atoms with Crippen molar-refractivity contribution in [1.29, 1.82) is 0 Å². The van der Waals surface area contributed by atoms with Crippen molar-refractivity contribution in [3.63, 3.8) is 0 Å². The summed E-state index contributed by atoms with van der Waals surface area (Å²) in [7, 11) is 7.30. The second-order valence-electron chi connectivity index (χ2n) is 7.24. The Morgan fingerprint density at radius 1 is 1.07 bits per heavy atom. The van der Waals surface area contributed by atoms with E-state index in [1.165, 1.54) is 11.1 Å². The summed E-state index contributed by atoms with van der Waals surface area (Å²) in [6.07, 6.45) is 1.42. The molecule has 0 saturated heterocycles. The van der Waals surface area contributed by atoms with Crippen LogP contribution in [0.1, 0.15) is 17.5 Å². The second-order valence-corrected chi connectivity index (χ2v) is 7.24. The first-order valence-electron chi connectivity index (χ1n) is 9.53. The molecule has 2 aromatic rings. The molecule has 1 amide bonds. The van der Waals surface area contributed by atoms with E-state index in [0.717, 1.165) is 48.9 Å². The fraction of sp³-hybridized carbons (Fsp3) is 0.409. The lowest BCUT2D eigenvalue weighted by Crippen LogP contribution is -2.33. The Bertz CT molecular complexity index is 819. The number of rotatable bonds is 7. The molecular formula is C22H29N3O3. The van der Waals surface area contributed by atoms with E-state index in [4.69, 9.17) is 9.47 Å².